The Morgan fingerprint density at radius 2 is 1.52 bits per heavy atom. The lowest BCUT2D eigenvalue weighted by Crippen LogP contribution is -2.32. The van der Waals surface area contributed by atoms with Crippen molar-refractivity contribution >= 4 is 31.4 Å². The summed E-state index contributed by atoms with van der Waals surface area (Å²) in [6.07, 6.45) is 2.06. The van der Waals surface area contributed by atoms with Crippen molar-refractivity contribution in [3.8, 4) is 0 Å². The lowest BCUT2D eigenvalue weighted by Gasteiger charge is -2.22. The van der Waals surface area contributed by atoms with E-state index in [1.54, 1.807) is 11.3 Å². The normalized spacial score (nSPS) is 13.2. The number of halogens is 6. The van der Waals surface area contributed by atoms with Crippen LogP contribution in [0.25, 0.3) is 4.13 Å². The first kappa shape index (κ1) is 24.0. The number of sulfonamides is 2. The quantitative estimate of drug-likeness (QED) is 0.385. The van der Waals surface area contributed by atoms with Gasteiger partial charge >= 0.3 is 11.0 Å². The maximum absolute atomic E-state index is 11.4. The van der Waals surface area contributed by atoms with Crippen molar-refractivity contribution in [1.82, 2.24) is 0 Å². The topological polar surface area (TPSA) is 95.5 Å². The summed E-state index contributed by atoms with van der Waals surface area (Å²) in [4.78, 5) is 0. The molecule has 0 unspecified atom stereocenters. The van der Waals surface area contributed by atoms with E-state index in [1.165, 1.54) is 0 Å². The molecule has 0 fully saturated rings. The first-order chi connectivity index (χ1) is 11.1. The van der Waals surface area contributed by atoms with Crippen LogP contribution in [0.4, 0.5) is 26.3 Å². The van der Waals surface area contributed by atoms with E-state index in [-0.39, 0.29) is 0 Å². The number of rotatable bonds is 6. The average molecular weight is 438 g/mol. The van der Waals surface area contributed by atoms with E-state index >= 15 is 0 Å². The van der Waals surface area contributed by atoms with Crippen LogP contribution in [-0.4, -0.2) is 41.1 Å². The average Bonchev–Trinajstić information content (AvgIpc) is 2.89. The molecule has 16 heteroatoms. The van der Waals surface area contributed by atoms with Gasteiger partial charge in [-0.2, -0.15) is 30.9 Å². The lowest BCUT2D eigenvalue weighted by molar-refractivity contribution is -0.693. The molecule has 1 heterocycles. The molecule has 25 heavy (non-hydrogen) atoms. The Kier molecular flexibility index (Phi) is 8.76. The van der Waals surface area contributed by atoms with Crippen LogP contribution in [0.15, 0.2) is 17.1 Å². The Balaban J connectivity index is 0.000000496. The molecular formula is C9H12F6N2O5S3. The highest BCUT2D eigenvalue weighted by Gasteiger charge is 2.46. The fourth-order valence-electron chi connectivity index (χ4n) is 0.917. The summed E-state index contributed by atoms with van der Waals surface area (Å²) in [6, 6.07) is 0. The number of thiazole rings is 1. The summed E-state index contributed by atoms with van der Waals surface area (Å²) in [5.74, 6) is 0. The third kappa shape index (κ3) is 8.30. The van der Waals surface area contributed by atoms with E-state index < -0.39 is 31.1 Å². The van der Waals surface area contributed by atoms with E-state index in [4.69, 9.17) is 4.74 Å². The Hall–Kier alpha value is -0.970. The van der Waals surface area contributed by atoms with Gasteiger partial charge < -0.3 is 8.86 Å². The summed E-state index contributed by atoms with van der Waals surface area (Å²) >= 11 is 1.71. The van der Waals surface area contributed by atoms with Gasteiger partial charge in [0, 0.05) is 6.61 Å². The first-order valence-electron chi connectivity index (χ1n) is 6.00. The summed E-state index contributed by atoms with van der Waals surface area (Å²) in [5, 5.41) is 2.06. The molecule has 7 nitrogen and oxygen atoms in total. The predicted molar refractivity (Wildman–Crippen MR) is 74.3 cm³/mol. The fourth-order valence-corrected chi connectivity index (χ4v) is 3.26. The van der Waals surface area contributed by atoms with Gasteiger partial charge in [0.15, 0.2) is 32.8 Å². The zero-order valence-corrected chi connectivity index (χ0v) is 14.7. The minimum absolute atomic E-state index is 0.778. The second-order valence-electron chi connectivity index (χ2n) is 3.88. The van der Waals surface area contributed by atoms with Crippen LogP contribution < -0.4 is 4.57 Å². The molecule has 0 bridgehead atoms. The highest BCUT2D eigenvalue weighted by atomic mass is 32.3. The van der Waals surface area contributed by atoms with Crippen molar-refractivity contribution in [2.45, 2.75) is 24.5 Å². The molecule has 0 saturated heterocycles. The third-order valence-electron chi connectivity index (χ3n) is 2.01. The van der Waals surface area contributed by atoms with Gasteiger partial charge in [-0.25, -0.2) is 16.8 Å². The molecule has 0 aliphatic rings. The van der Waals surface area contributed by atoms with Crippen LogP contribution in [0, 0.1) is 0 Å². The van der Waals surface area contributed by atoms with Gasteiger partial charge in [-0.1, -0.05) is 11.3 Å². The van der Waals surface area contributed by atoms with E-state index in [1.807, 2.05) is 6.92 Å². The Labute approximate surface area is 143 Å². The van der Waals surface area contributed by atoms with Crippen LogP contribution in [0.1, 0.15) is 6.92 Å². The predicted octanol–water partition coefficient (Wildman–Crippen LogP) is 2.13. The van der Waals surface area contributed by atoms with E-state index in [2.05, 4.69) is 21.7 Å². The molecule has 0 N–H and O–H groups in total. The molecular weight excluding hydrogens is 426 g/mol. The molecule has 148 valence electrons. The fraction of sp³-hybridized carbons (Fsp3) is 0.667. The zero-order valence-electron chi connectivity index (χ0n) is 12.3. The van der Waals surface area contributed by atoms with Gasteiger partial charge in [0.2, 0.25) is 5.51 Å². The van der Waals surface area contributed by atoms with Crippen LogP contribution in [-0.2, 0) is 31.3 Å². The molecule has 0 aromatic carbocycles. The third-order valence-corrected chi connectivity index (χ3v) is 5.42. The SMILES string of the molecule is CCOCC[n+]1ccsc1.O=S(=O)([N-]S(=O)(=O)C(F)(F)F)C(F)(F)F. The first-order valence-corrected chi connectivity index (χ1v) is 9.82. The molecule has 1 aromatic rings. The van der Waals surface area contributed by atoms with Crippen molar-refractivity contribution < 1.29 is 52.5 Å². The summed E-state index contributed by atoms with van der Waals surface area (Å²) in [6.45, 7) is 4.61. The number of aromatic nitrogens is 1. The van der Waals surface area contributed by atoms with Gasteiger partial charge in [0.1, 0.15) is 6.61 Å². The minimum Gasteiger partial charge on any atom is -0.421 e. The lowest BCUT2D eigenvalue weighted by atomic mass is 10.6. The molecule has 0 amide bonds. The maximum atomic E-state index is 11.4. The molecule has 0 spiro atoms. The maximum Gasteiger partial charge on any atom is 0.480 e. The molecule has 0 radical (unpaired) electrons. The Bertz CT molecular complexity index is 670. The molecule has 0 aliphatic heterocycles. The minimum atomic E-state index is -6.72. The van der Waals surface area contributed by atoms with Crippen molar-refractivity contribution in [2.75, 3.05) is 13.2 Å². The molecule has 0 atom stereocenters. The van der Waals surface area contributed by atoms with Crippen LogP contribution in [0.5, 0.6) is 0 Å². The van der Waals surface area contributed by atoms with Crippen molar-refractivity contribution in [3.63, 3.8) is 0 Å². The zero-order chi connectivity index (χ0) is 19.9. The van der Waals surface area contributed by atoms with E-state index in [0.29, 0.717) is 0 Å². The molecule has 1 rings (SSSR count). The van der Waals surface area contributed by atoms with Gasteiger partial charge in [-0.15, -0.1) is 0 Å². The Morgan fingerprint density at radius 1 is 1.04 bits per heavy atom. The highest BCUT2D eigenvalue weighted by Crippen LogP contribution is 2.36. The molecule has 0 saturated carbocycles. The van der Waals surface area contributed by atoms with Crippen molar-refractivity contribution in [1.29, 1.82) is 0 Å². The summed E-state index contributed by atoms with van der Waals surface area (Å²) < 4.78 is 116. The van der Waals surface area contributed by atoms with E-state index in [9.17, 15) is 43.2 Å². The summed E-state index contributed by atoms with van der Waals surface area (Å²) in [5.41, 5.74) is -10.3. The van der Waals surface area contributed by atoms with Gasteiger partial charge in [-0.05, 0) is 6.92 Å². The number of ether oxygens (including phenoxy) is 1. The van der Waals surface area contributed by atoms with Gasteiger partial charge in [0.25, 0.3) is 0 Å². The second-order valence-corrected chi connectivity index (χ2v) is 8.06. The van der Waals surface area contributed by atoms with Crippen molar-refractivity contribution in [2.24, 2.45) is 0 Å². The van der Waals surface area contributed by atoms with Crippen molar-refractivity contribution in [3.05, 3.63) is 21.2 Å². The number of hydrogen-bond acceptors (Lipinski definition) is 6. The van der Waals surface area contributed by atoms with Crippen LogP contribution in [0.2, 0.25) is 0 Å². The summed E-state index contributed by atoms with van der Waals surface area (Å²) in [7, 11) is -13.4. The van der Waals surface area contributed by atoms with Gasteiger partial charge in [0.05, 0.1) is 5.38 Å². The van der Waals surface area contributed by atoms with Crippen LogP contribution >= 0.6 is 11.3 Å². The largest absolute Gasteiger partial charge is 0.480 e. The van der Waals surface area contributed by atoms with E-state index in [0.717, 1.165) is 23.9 Å². The molecule has 0 aliphatic carbocycles. The van der Waals surface area contributed by atoms with Crippen LogP contribution in [0.3, 0.4) is 0 Å². The molecule has 1 aromatic heterocycles. The highest BCUT2D eigenvalue weighted by molar-refractivity contribution is 8.13. The number of nitrogens with zero attached hydrogens (tertiary/aromatic N) is 2. The Morgan fingerprint density at radius 3 is 1.84 bits per heavy atom. The monoisotopic (exact) mass is 438 g/mol. The number of hydrogen-bond donors (Lipinski definition) is 0. The second kappa shape index (κ2) is 9.11. The smallest absolute Gasteiger partial charge is 0.421 e. The standard InChI is InChI=1S/C7H12NOS.C2F6NO4S2/c1-2-9-5-3-8-4-6-10-7-8;3-1(4,5)14(10,11)9-15(12,13)2(6,7)8/h4,6-7H,2-3,5H2,1H3;/q+1;-1. The number of alkyl halides is 6. The van der Waals surface area contributed by atoms with Gasteiger partial charge in [-0.3, -0.25) is 0 Å².